The molecule has 1 atom stereocenters. The Morgan fingerprint density at radius 3 is 2.40 bits per heavy atom. The fourth-order valence-corrected chi connectivity index (χ4v) is 4.17. The van der Waals surface area contributed by atoms with E-state index in [9.17, 15) is 9.18 Å². The van der Waals surface area contributed by atoms with Gasteiger partial charge in [0, 0.05) is 13.1 Å². The van der Waals surface area contributed by atoms with E-state index in [1.165, 1.54) is 30.5 Å². The molecule has 2 heterocycles. The summed E-state index contributed by atoms with van der Waals surface area (Å²) in [4.78, 5) is 17.3. The second-order valence-corrected chi connectivity index (χ2v) is 7.24. The molecular weight excluding hydrogens is 339 g/mol. The van der Waals surface area contributed by atoms with E-state index < -0.39 is 0 Å². The quantitative estimate of drug-likeness (QED) is 0.804. The molecule has 2 aliphatic heterocycles. The highest BCUT2D eigenvalue weighted by Crippen LogP contribution is 2.25. The van der Waals surface area contributed by atoms with Gasteiger partial charge < -0.3 is 4.90 Å². The first kappa shape index (κ1) is 20.2. The zero-order chi connectivity index (χ0) is 16.9. The molecule has 0 aromatic heterocycles. The molecule has 3 rings (SSSR count). The lowest BCUT2D eigenvalue weighted by molar-refractivity contribution is -0.139. The molecule has 2 aliphatic rings. The molecule has 1 aromatic carbocycles. The number of likely N-dealkylation sites (N-methyl/N-ethyl adjacent to an activating group) is 1. The number of hydrogen-bond donors (Lipinski definition) is 0. The molecular formula is C20H30ClFN2O. The third-order valence-corrected chi connectivity index (χ3v) is 5.67. The number of halogens is 2. The first-order valence-corrected chi connectivity index (χ1v) is 9.44. The van der Waals surface area contributed by atoms with E-state index in [0.717, 1.165) is 51.9 Å². The largest absolute Gasteiger partial charge is 0.341 e. The van der Waals surface area contributed by atoms with Crippen molar-refractivity contribution in [1.29, 1.82) is 0 Å². The van der Waals surface area contributed by atoms with Gasteiger partial charge in [0.05, 0.1) is 6.04 Å². The van der Waals surface area contributed by atoms with Crippen LogP contribution >= 0.6 is 12.4 Å². The number of amides is 1. The number of rotatable bonds is 4. The van der Waals surface area contributed by atoms with Gasteiger partial charge >= 0.3 is 0 Å². The zero-order valence-corrected chi connectivity index (χ0v) is 15.9. The smallest absolute Gasteiger partial charge is 0.239 e. The summed E-state index contributed by atoms with van der Waals surface area (Å²) in [5.41, 5.74) is 1.20. The zero-order valence-electron chi connectivity index (χ0n) is 15.1. The summed E-state index contributed by atoms with van der Waals surface area (Å²) in [6.45, 7) is 5.93. The minimum Gasteiger partial charge on any atom is -0.341 e. The van der Waals surface area contributed by atoms with Crippen LogP contribution in [0.2, 0.25) is 0 Å². The molecule has 1 amide bonds. The molecule has 1 unspecified atom stereocenters. The van der Waals surface area contributed by atoms with E-state index in [4.69, 9.17) is 0 Å². The molecule has 0 N–H and O–H groups in total. The number of benzene rings is 1. The predicted octanol–water partition coefficient (Wildman–Crippen LogP) is 3.90. The second-order valence-electron chi connectivity index (χ2n) is 7.24. The van der Waals surface area contributed by atoms with Crippen molar-refractivity contribution >= 4 is 18.3 Å². The van der Waals surface area contributed by atoms with Crippen molar-refractivity contribution in [3.63, 3.8) is 0 Å². The van der Waals surface area contributed by atoms with Crippen LogP contribution in [0.1, 0.15) is 44.6 Å². The Balaban J connectivity index is 0.00000225. The maximum absolute atomic E-state index is 13.0. The number of hydrogen-bond acceptors (Lipinski definition) is 2. The highest BCUT2D eigenvalue weighted by atomic mass is 35.5. The van der Waals surface area contributed by atoms with Gasteiger partial charge in [0.1, 0.15) is 5.82 Å². The lowest BCUT2D eigenvalue weighted by Crippen LogP contribution is -2.52. The molecule has 2 saturated heterocycles. The van der Waals surface area contributed by atoms with Crippen LogP contribution in [0.3, 0.4) is 0 Å². The summed E-state index contributed by atoms with van der Waals surface area (Å²) in [6.07, 6.45) is 6.52. The first-order valence-electron chi connectivity index (χ1n) is 9.44. The lowest BCUT2D eigenvalue weighted by atomic mass is 9.89. The highest BCUT2D eigenvalue weighted by Gasteiger charge is 2.32. The van der Waals surface area contributed by atoms with Crippen LogP contribution in [0.25, 0.3) is 0 Å². The van der Waals surface area contributed by atoms with E-state index in [1.54, 1.807) is 0 Å². The van der Waals surface area contributed by atoms with Gasteiger partial charge in [-0.05, 0) is 68.8 Å². The van der Waals surface area contributed by atoms with Gasteiger partial charge in [-0.15, -0.1) is 12.4 Å². The van der Waals surface area contributed by atoms with Crippen LogP contribution in [0, 0.1) is 11.7 Å². The number of nitrogens with zero attached hydrogens (tertiary/aromatic N) is 2. The topological polar surface area (TPSA) is 23.6 Å². The normalized spacial score (nSPS) is 22.5. The average Bonchev–Trinajstić information content (AvgIpc) is 2.63. The highest BCUT2D eigenvalue weighted by molar-refractivity contribution is 5.85. The van der Waals surface area contributed by atoms with Gasteiger partial charge in [0.25, 0.3) is 0 Å². The minimum absolute atomic E-state index is 0. The molecule has 0 spiro atoms. The molecule has 0 aliphatic carbocycles. The van der Waals surface area contributed by atoms with Gasteiger partial charge in [-0.3, -0.25) is 9.69 Å². The number of carbonyl (C=O) groups excluding carboxylic acids is 1. The molecule has 0 bridgehead atoms. The molecule has 0 saturated carbocycles. The van der Waals surface area contributed by atoms with Crippen molar-refractivity contribution in [3.8, 4) is 0 Å². The van der Waals surface area contributed by atoms with Crippen molar-refractivity contribution in [2.24, 2.45) is 5.92 Å². The van der Waals surface area contributed by atoms with E-state index in [-0.39, 0.29) is 24.3 Å². The molecule has 0 radical (unpaired) electrons. The van der Waals surface area contributed by atoms with Crippen LogP contribution in [0.4, 0.5) is 4.39 Å². The van der Waals surface area contributed by atoms with Crippen molar-refractivity contribution in [3.05, 3.63) is 35.6 Å². The Morgan fingerprint density at radius 2 is 1.76 bits per heavy atom. The summed E-state index contributed by atoms with van der Waals surface area (Å²) < 4.78 is 13.0. The van der Waals surface area contributed by atoms with Crippen molar-refractivity contribution in [1.82, 2.24) is 9.80 Å². The SMILES string of the molecule is CCN1CCCCC1C(=O)N1CCC(Cc2ccc(F)cc2)CC1.Cl. The van der Waals surface area contributed by atoms with Crippen molar-refractivity contribution in [2.45, 2.75) is 51.5 Å². The molecule has 25 heavy (non-hydrogen) atoms. The maximum Gasteiger partial charge on any atom is 0.239 e. The van der Waals surface area contributed by atoms with Crippen LogP contribution in [-0.2, 0) is 11.2 Å². The Bertz CT molecular complexity index is 543. The van der Waals surface area contributed by atoms with E-state index in [2.05, 4.69) is 16.7 Å². The summed E-state index contributed by atoms with van der Waals surface area (Å²) in [6, 6.07) is 6.95. The van der Waals surface area contributed by atoms with E-state index in [0.29, 0.717) is 11.8 Å². The Hall–Kier alpha value is -1.13. The standard InChI is InChI=1S/C20H29FN2O.ClH/c1-2-22-12-4-3-5-19(22)20(24)23-13-10-17(11-14-23)15-16-6-8-18(21)9-7-16;/h6-9,17,19H,2-5,10-15H2,1H3;1H. The lowest BCUT2D eigenvalue weighted by Gasteiger charge is -2.39. The number of carbonyl (C=O) groups is 1. The second kappa shape index (κ2) is 9.54. The van der Waals surface area contributed by atoms with Gasteiger partial charge in [-0.2, -0.15) is 0 Å². The van der Waals surface area contributed by atoms with Crippen LogP contribution in [-0.4, -0.2) is 47.9 Å². The Labute approximate surface area is 157 Å². The molecule has 5 heteroatoms. The van der Waals surface area contributed by atoms with Gasteiger partial charge in [-0.25, -0.2) is 4.39 Å². The van der Waals surface area contributed by atoms with Crippen molar-refractivity contribution in [2.75, 3.05) is 26.2 Å². The summed E-state index contributed by atoms with van der Waals surface area (Å²) >= 11 is 0. The molecule has 1 aromatic rings. The summed E-state index contributed by atoms with van der Waals surface area (Å²) in [5.74, 6) is 0.775. The third kappa shape index (κ3) is 5.18. The van der Waals surface area contributed by atoms with Gasteiger partial charge in [0.15, 0.2) is 0 Å². The minimum atomic E-state index is -0.174. The predicted molar refractivity (Wildman–Crippen MR) is 102 cm³/mol. The summed E-state index contributed by atoms with van der Waals surface area (Å²) in [7, 11) is 0. The molecule has 2 fully saturated rings. The molecule has 3 nitrogen and oxygen atoms in total. The fourth-order valence-electron chi connectivity index (χ4n) is 4.17. The van der Waals surface area contributed by atoms with E-state index >= 15 is 0 Å². The Morgan fingerprint density at radius 1 is 1.08 bits per heavy atom. The third-order valence-electron chi connectivity index (χ3n) is 5.67. The number of piperidine rings is 2. The monoisotopic (exact) mass is 368 g/mol. The maximum atomic E-state index is 13.0. The molecule has 140 valence electrons. The van der Waals surface area contributed by atoms with Gasteiger partial charge in [0.2, 0.25) is 5.91 Å². The average molecular weight is 369 g/mol. The first-order chi connectivity index (χ1) is 11.7. The fraction of sp³-hybridized carbons (Fsp3) is 0.650. The van der Waals surface area contributed by atoms with Gasteiger partial charge in [-0.1, -0.05) is 25.5 Å². The van der Waals surface area contributed by atoms with E-state index in [1.807, 2.05) is 12.1 Å². The number of likely N-dealkylation sites (tertiary alicyclic amines) is 2. The van der Waals surface area contributed by atoms with Crippen molar-refractivity contribution < 1.29 is 9.18 Å². The van der Waals surface area contributed by atoms with Crippen LogP contribution in [0.5, 0.6) is 0 Å². The van der Waals surface area contributed by atoms with Crippen LogP contribution < -0.4 is 0 Å². The summed E-state index contributed by atoms with van der Waals surface area (Å²) in [5, 5.41) is 0. The van der Waals surface area contributed by atoms with Crippen LogP contribution in [0.15, 0.2) is 24.3 Å². The Kier molecular flexibility index (Phi) is 7.70.